The highest BCUT2D eigenvalue weighted by molar-refractivity contribution is 6.01. The molecule has 0 unspecified atom stereocenters. The van der Waals surface area contributed by atoms with Crippen LogP contribution in [0.25, 0.3) is 0 Å². The summed E-state index contributed by atoms with van der Waals surface area (Å²) < 4.78 is 9.87. The quantitative estimate of drug-likeness (QED) is 0.632. The van der Waals surface area contributed by atoms with Crippen molar-refractivity contribution in [2.75, 3.05) is 0 Å². The molecule has 1 aromatic heterocycles. The number of carbonyl (C=O) groups is 2. The van der Waals surface area contributed by atoms with Gasteiger partial charge in [0.2, 0.25) is 11.5 Å². The minimum atomic E-state index is -0.879. The molecule has 0 aliphatic heterocycles. The van der Waals surface area contributed by atoms with Crippen LogP contribution < -0.4 is 0 Å². The van der Waals surface area contributed by atoms with E-state index >= 15 is 0 Å². The third-order valence-electron chi connectivity index (χ3n) is 2.82. The fourth-order valence-electron chi connectivity index (χ4n) is 1.68. The van der Waals surface area contributed by atoms with Crippen molar-refractivity contribution in [1.82, 2.24) is 5.16 Å². The number of carbonyl (C=O) groups excluding carboxylic acids is 2. The van der Waals surface area contributed by atoms with E-state index in [-0.39, 0.29) is 11.5 Å². The SMILES string of the molecule is Cc1ccc(C(=O)[C@@H](C)OC(=O)c2cc(C)no2)cc1. The Bertz CT molecular complexity index is 628. The Balaban J connectivity index is 2.04. The molecule has 0 amide bonds. The van der Waals surface area contributed by atoms with E-state index in [1.54, 1.807) is 19.1 Å². The normalized spacial score (nSPS) is 11.9. The molecule has 0 fully saturated rings. The number of ketones is 1. The Hall–Kier alpha value is -2.43. The first-order chi connectivity index (χ1) is 9.47. The second kappa shape index (κ2) is 5.69. The first-order valence-corrected chi connectivity index (χ1v) is 6.22. The Morgan fingerprint density at radius 2 is 1.85 bits per heavy atom. The molecule has 0 radical (unpaired) electrons. The van der Waals surface area contributed by atoms with Crippen LogP contribution in [0.3, 0.4) is 0 Å². The number of aryl methyl sites for hydroxylation is 2. The zero-order valence-corrected chi connectivity index (χ0v) is 11.5. The number of nitrogens with zero attached hydrogens (tertiary/aromatic N) is 1. The van der Waals surface area contributed by atoms with Crippen LogP contribution in [-0.4, -0.2) is 23.0 Å². The first kappa shape index (κ1) is 14.0. The van der Waals surface area contributed by atoms with E-state index in [1.165, 1.54) is 13.0 Å². The summed E-state index contributed by atoms with van der Waals surface area (Å²) in [5.74, 6) is -0.959. The van der Waals surface area contributed by atoms with Crippen LogP contribution in [0.5, 0.6) is 0 Å². The number of aromatic nitrogens is 1. The van der Waals surface area contributed by atoms with Gasteiger partial charge in [-0.1, -0.05) is 35.0 Å². The summed E-state index contributed by atoms with van der Waals surface area (Å²) in [7, 11) is 0. The van der Waals surface area contributed by atoms with Crippen molar-refractivity contribution >= 4 is 11.8 Å². The van der Waals surface area contributed by atoms with Crippen LogP contribution in [0.15, 0.2) is 34.9 Å². The monoisotopic (exact) mass is 273 g/mol. The molecule has 0 aliphatic rings. The minimum Gasteiger partial charge on any atom is -0.448 e. The summed E-state index contributed by atoms with van der Waals surface area (Å²) in [6.45, 7) is 5.16. The van der Waals surface area contributed by atoms with E-state index in [9.17, 15) is 9.59 Å². The molecule has 20 heavy (non-hydrogen) atoms. The van der Waals surface area contributed by atoms with Gasteiger partial charge in [0.05, 0.1) is 5.69 Å². The Labute approximate surface area is 116 Å². The molecular formula is C15H15NO4. The molecule has 104 valence electrons. The Kier molecular flexibility index (Phi) is 3.98. The van der Waals surface area contributed by atoms with Crippen LogP contribution in [0.4, 0.5) is 0 Å². The molecule has 0 bridgehead atoms. The number of benzene rings is 1. The lowest BCUT2D eigenvalue weighted by molar-refractivity contribution is 0.0281. The lowest BCUT2D eigenvalue weighted by Gasteiger charge is -2.11. The highest BCUT2D eigenvalue weighted by atomic mass is 16.6. The predicted octanol–water partition coefficient (Wildman–Crippen LogP) is 2.72. The van der Waals surface area contributed by atoms with Crippen LogP contribution in [0.2, 0.25) is 0 Å². The topological polar surface area (TPSA) is 69.4 Å². The molecule has 1 aromatic carbocycles. The lowest BCUT2D eigenvalue weighted by Crippen LogP contribution is -2.24. The number of rotatable bonds is 4. The van der Waals surface area contributed by atoms with Gasteiger partial charge in [0.1, 0.15) is 0 Å². The van der Waals surface area contributed by atoms with Gasteiger partial charge in [0.15, 0.2) is 6.10 Å². The second-order valence-electron chi connectivity index (χ2n) is 4.61. The summed E-state index contributed by atoms with van der Waals surface area (Å²) in [6.07, 6.45) is -0.879. The molecule has 0 saturated carbocycles. The summed E-state index contributed by atoms with van der Waals surface area (Å²) in [6, 6.07) is 8.55. The van der Waals surface area contributed by atoms with Gasteiger partial charge in [-0.3, -0.25) is 4.79 Å². The fraction of sp³-hybridized carbons (Fsp3) is 0.267. The number of ether oxygens (including phenoxy) is 1. The summed E-state index contributed by atoms with van der Waals surface area (Å²) in [4.78, 5) is 23.9. The van der Waals surface area contributed by atoms with E-state index in [4.69, 9.17) is 9.26 Å². The fourth-order valence-corrected chi connectivity index (χ4v) is 1.68. The highest BCUT2D eigenvalue weighted by Gasteiger charge is 2.22. The molecule has 0 spiro atoms. The summed E-state index contributed by atoms with van der Waals surface area (Å²) in [5.41, 5.74) is 2.14. The van der Waals surface area contributed by atoms with Gasteiger partial charge < -0.3 is 9.26 Å². The zero-order chi connectivity index (χ0) is 14.7. The smallest absolute Gasteiger partial charge is 0.377 e. The third kappa shape index (κ3) is 3.12. The number of hydrogen-bond donors (Lipinski definition) is 0. The van der Waals surface area contributed by atoms with Crippen LogP contribution >= 0.6 is 0 Å². The van der Waals surface area contributed by atoms with Gasteiger partial charge in [0.25, 0.3) is 0 Å². The largest absolute Gasteiger partial charge is 0.448 e. The molecule has 2 rings (SSSR count). The molecule has 1 heterocycles. The van der Waals surface area contributed by atoms with Crippen LogP contribution in [0, 0.1) is 13.8 Å². The lowest BCUT2D eigenvalue weighted by atomic mass is 10.1. The average Bonchev–Trinajstić information content (AvgIpc) is 2.85. The standard InChI is InChI=1S/C15H15NO4/c1-9-4-6-12(7-5-9)14(17)11(3)19-15(18)13-8-10(2)16-20-13/h4-8,11H,1-3H3/t11-/m1/s1. The van der Waals surface area contributed by atoms with Crippen molar-refractivity contribution in [2.24, 2.45) is 0 Å². The van der Waals surface area contributed by atoms with Crippen LogP contribution in [0.1, 0.15) is 39.1 Å². The Morgan fingerprint density at radius 3 is 2.40 bits per heavy atom. The molecule has 5 heteroatoms. The van der Waals surface area contributed by atoms with E-state index in [2.05, 4.69) is 5.16 Å². The zero-order valence-electron chi connectivity index (χ0n) is 11.5. The maximum atomic E-state index is 12.1. The number of hydrogen-bond acceptors (Lipinski definition) is 5. The van der Waals surface area contributed by atoms with E-state index in [1.807, 2.05) is 19.1 Å². The molecule has 0 aliphatic carbocycles. The van der Waals surface area contributed by atoms with Gasteiger partial charge in [-0.25, -0.2) is 4.79 Å². The van der Waals surface area contributed by atoms with Crippen molar-refractivity contribution in [3.8, 4) is 0 Å². The van der Waals surface area contributed by atoms with Crippen molar-refractivity contribution in [2.45, 2.75) is 26.9 Å². The highest BCUT2D eigenvalue weighted by Crippen LogP contribution is 2.11. The average molecular weight is 273 g/mol. The van der Waals surface area contributed by atoms with Crippen molar-refractivity contribution in [3.63, 3.8) is 0 Å². The van der Waals surface area contributed by atoms with Crippen molar-refractivity contribution < 1.29 is 18.8 Å². The molecule has 2 aromatic rings. The Morgan fingerprint density at radius 1 is 1.20 bits per heavy atom. The number of esters is 1. The van der Waals surface area contributed by atoms with Gasteiger partial charge in [-0.15, -0.1) is 0 Å². The first-order valence-electron chi connectivity index (χ1n) is 6.22. The molecule has 0 N–H and O–H groups in total. The molecule has 0 saturated heterocycles. The maximum Gasteiger partial charge on any atom is 0.377 e. The van der Waals surface area contributed by atoms with Gasteiger partial charge in [-0.2, -0.15) is 0 Å². The predicted molar refractivity (Wildman–Crippen MR) is 71.6 cm³/mol. The molecular weight excluding hydrogens is 258 g/mol. The van der Waals surface area contributed by atoms with Crippen molar-refractivity contribution in [3.05, 3.63) is 52.9 Å². The minimum absolute atomic E-state index is 0.00828. The summed E-state index contributed by atoms with van der Waals surface area (Å²) in [5, 5.41) is 3.60. The van der Waals surface area contributed by atoms with Gasteiger partial charge in [-0.05, 0) is 20.8 Å². The van der Waals surface area contributed by atoms with Crippen LogP contribution in [-0.2, 0) is 4.74 Å². The molecule has 5 nitrogen and oxygen atoms in total. The van der Waals surface area contributed by atoms with Gasteiger partial charge in [0, 0.05) is 11.6 Å². The van der Waals surface area contributed by atoms with Crippen molar-refractivity contribution in [1.29, 1.82) is 0 Å². The number of Topliss-reactive ketones (excluding diaryl/α,β-unsaturated/α-hetero) is 1. The third-order valence-corrected chi connectivity index (χ3v) is 2.82. The van der Waals surface area contributed by atoms with E-state index in [0.717, 1.165) is 5.56 Å². The van der Waals surface area contributed by atoms with E-state index < -0.39 is 12.1 Å². The second-order valence-corrected chi connectivity index (χ2v) is 4.61. The van der Waals surface area contributed by atoms with Gasteiger partial charge >= 0.3 is 5.97 Å². The summed E-state index contributed by atoms with van der Waals surface area (Å²) >= 11 is 0. The van der Waals surface area contributed by atoms with E-state index in [0.29, 0.717) is 11.3 Å². The molecule has 1 atom stereocenters. The maximum absolute atomic E-state index is 12.1.